The number of carbonyl (C=O) groups excluding carboxylic acids is 1. The van der Waals surface area contributed by atoms with Crippen molar-refractivity contribution in [2.75, 3.05) is 0 Å². The van der Waals surface area contributed by atoms with Crippen molar-refractivity contribution in [2.24, 2.45) is 0 Å². The second kappa shape index (κ2) is 7.10. The van der Waals surface area contributed by atoms with Crippen LogP contribution in [0, 0.1) is 20.8 Å². The largest absolute Gasteiger partial charge is 0.345 e. The lowest BCUT2D eigenvalue weighted by Crippen LogP contribution is -2.26. The van der Waals surface area contributed by atoms with E-state index in [0.29, 0.717) is 0 Å². The van der Waals surface area contributed by atoms with Gasteiger partial charge >= 0.3 is 0 Å². The first-order valence-electron chi connectivity index (χ1n) is 7.89. The molecule has 0 bridgehead atoms. The van der Waals surface area contributed by atoms with Crippen LogP contribution in [0.5, 0.6) is 0 Å². The fourth-order valence-corrected chi connectivity index (χ4v) is 3.70. The highest BCUT2D eigenvalue weighted by molar-refractivity contribution is 7.14. The predicted molar refractivity (Wildman–Crippen MR) is 94.8 cm³/mol. The highest BCUT2D eigenvalue weighted by Gasteiger charge is 2.16. The summed E-state index contributed by atoms with van der Waals surface area (Å²) in [6, 6.07) is 8.44. The van der Waals surface area contributed by atoms with Gasteiger partial charge in [-0.2, -0.15) is 0 Å². The topological polar surface area (TPSA) is 29.1 Å². The highest BCUT2D eigenvalue weighted by atomic mass is 32.1. The minimum absolute atomic E-state index is 0.0180. The minimum Gasteiger partial charge on any atom is -0.345 e. The average molecular weight is 315 g/mol. The van der Waals surface area contributed by atoms with Crippen LogP contribution < -0.4 is 5.32 Å². The Bertz CT molecular complexity index is 672. The summed E-state index contributed by atoms with van der Waals surface area (Å²) in [5.41, 5.74) is 4.93. The van der Waals surface area contributed by atoms with E-state index >= 15 is 0 Å². The molecule has 0 aliphatic rings. The molecule has 1 amide bonds. The summed E-state index contributed by atoms with van der Waals surface area (Å²) < 4.78 is 0. The van der Waals surface area contributed by atoms with E-state index in [9.17, 15) is 4.79 Å². The summed E-state index contributed by atoms with van der Waals surface area (Å²) >= 11 is 1.59. The van der Waals surface area contributed by atoms with Crippen LogP contribution >= 0.6 is 11.3 Å². The van der Waals surface area contributed by atoms with Crippen molar-refractivity contribution in [3.05, 3.63) is 56.3 Å². The van der Waals surface area contributed by atoms with E-state index in [1.807, 2.05) is 6.92 Å². The Hall–Kier alpha value is -1.61. The standard InChI is InChI=1S/C19H25NOS/c1-6-7-16-11-18(22-15(16)5)19(21)20-14(4)17-10-12(2)8-9-13(17)3/h8-11,14H,6-7H2,1-5H3,(H,20,21)/t14-/m1/s1. The molecule has 0 unspecified atom stereocenters. The summed E-state index contributed by atoms with van der Waals surface area (Å²) in [6.07, 6.45) is 2.15. The molecular weight excluding hydrogens is 290 g/mol. The molecular formula is C19H25NOS. The normalized spacial score (nSPS) is 12.2. The van der Waals surface area contributed by atoms with Gasteiger partial charge in [0.05, 0.1) is 10.9 Å². The first-order valence-corrected chi connectivity index (χ1v) is 8.71. The van der Waals surface area contributed by atoms with Crippen molar-refractivity contribution in [3.8, 4) is 0 Å². The smallest absolute Gasteiger partial charge is 0.261 e. The van der Waals surface area contributed by atoms with E-state index in [1.165, 1.54) is 27.1 Å². The van der Waals surface area contributed by atoms with Crippen LogP contribution in [0.15, 0.2) is 24.3 Å². The van der Waals surface area contributed by atoms with Crippen LogP contribution in [0.4, 0.5) is 0 Å². The van der Waals surface area contributed by atoms with Gasteiger partial charge in [-0.15, -0.1) is 11.3 Å². The van der Waals surface area contributed by atoms with E-state index in [1.54, 1.807) is 11.3 Å². The summed E-state index contributed by atoms with van der Waals surface area (Å²) in [4.78, 5) is 14.6. The van der Waals surface area contributed by atoms with Crippen LogP contribution in [-0.2, 0) is 6.42 Å². The number of carbonyl (C=O) groups is 1. The number of amides is 1. The Labute approximate surface area is 137 Å². The SMILES string of the molecule is CCCc1cc(C(=O)N[C@H](C)c2cc(C)ccc2C)sc1C. The molecule has 3 heteroatoms. The Morgan fingerprint density at radius 3 is 2.64 bits per heavy atom. The van der Waals surface area contributed by atoms with Crippen LogP contribution in [0.1, 0.15) is 63.1 Å². The van der Waals surface area contributed by atoms with Crippen molar-refractivity contribution in [2.45, 2.75) is 53.5 Å². The van der Waals surface area contributed by atoms with Gasteiger partial charge in [-0.1, -0.05) is 37.1 Å². The van der Waals surface area contributed by atoms with Gasteiger partial charge < -0.3 is 5.32 Å². The molecule has 0 saturated heterocycles. The lowest BCUT2D eigenvalue weighted by Gasteiger charge is -2.17. The first kappa shape index (κ1) is 16.8. The summed E-state index contributed by atoms with van der Waals surface area (Å²) in [5.74, 6) is 0.0314. The Morgan fingerprint density at radius 1 is 1.23 bits per heavy atom. The zero-order chi connectivity index (χ0) is 16.3. The maximum Gasteiger partial charge on any atom is 0.261 e. The quantitative estimate of drug-likeness (QED) is 0.815. The second-order valence-electron chi connectivity index (χ2n) is 6.00. The van der Waals surface area contributed by atoms with Crippen LogP contribution in [0.2, 0.25) is 0 Å². The highest BCUT2D eigenvalue weighted by Crippen LogP contribution is 2.24. The fourth-order valence-electron chi connectivity index (χ4n) is 2.72. The Morgan fingerprint density at radius 2 is 1.95 bits per heavy atom. The summed E-state index contributed by atoms with van der Waals surface area (Å²) in [5, 5.41) is 3.13. The predicted octanol–water partition coefficient (Wildman–Crippen LogP) is 5.12. The van der Waals surface area contributed by atoms with Crippen LogP contribution in [0.25, 0.3) is 0 Å². The van der Waals surface area contributed by atoms with Gasteiger partial charge in [0, 0.05) is 4.88 Å². The molecule has 0 fully saturated rings. The van der Waals surface area contributed by atoms with Crippen molar-refractivity contribution in [1.29, 1.82) is 0 Å². The lowest BCUT2D eigenvalue weighted by molar-refractivity contribution is 0.0944. The number of rotatable bonds is 5. The molecule has 1 N–H and O–H groups in total. The third-order valence-corrected chi connectivity index (χ3v) is 5.10. The zero-order valence-corrected chi connectivity index (χ0v) is 14.9. The minimum atomic E-state index is 0.0180. The molecule has 1 aromatic heterocycles. The number of hydrogen-bond donors (Lipinski definition) is 1. The number of thiophene rings is 1. The monoisotopic (exact) mass is 315 g/mol. The fraction of sp³-hybridized carbons (Fsp3) is 0.421. The van der Waals surface area contributed by atoms with E-state index in [2.05, 4.69) is 57.3 Å². The molecule has 0 radical (unpaired) electrons. The third kappa shape index (κ3) is 3.77. The van der Waals surface area contributed by atoms with Crippen LogP contribution in [-0.4, -0.2) is 5.91 Å². The molecule has 118 valence electrons. The molecule has 22 heavy (non-hydrogen) atoms. The number of aryl methyl sites for hydroxylation is 4. The van der Waals surface area contributed by atoms with Gasteiger partial charge in [-0.3, -0.25) is 4.79 Å². The lowest BCUT2D eigenvalue weighted by atomic mass is 10.00. The maximum absolute atomic E-state index is 12.5. The number of hydrogen-bond acceptors (Lipinski definition) is 2. The van der Waals surface area contributed by atoms with E-state index < -0.39 is 0 Å². The molecule has 2 rings (SSSR count). The van der Waals surface area contributed by atoms with Crippen molar-refractivity contribution < 1.29 is 4.79 Å². The van der Waals surface area contributed by atoms with Gasteiger partial charge in [0.15, 0.2) is 0 Å². The van der Waals surface area contributed by atoms with Gasteiger partial charge in [0.1, 0.15) is 0 Å². The molecule has 2 aromatic rings. The number of benzene rings is 1. The molecule has 1 aromatic carbocycles. The Kier molecular flexibility index (Phi) is 5.41. The molecule has 1 atom stereocenters. The van der Waals surface area contributed by atoms with Crippen LogP contribution in [0.3, 0.4) is 0 Å². The van der Waals surface area contributed by atoms with Crippen molar-refractivity contribution in [1.82, 2.24) is 5.32 Å². The van der Waals surface area contributed by atoms with E-state index in [4.69, 9.17) is 0 Å². The summed E-state index contributed by atoms with van der Waals surface area (Å²) in [7, 11) is 0. The molecule has 0 saturated carbocycles. The summed E-state index contributed by atoms with van der Waals surface area (Å²) in [6.45, 7) is 10.5. The maximum atomic E-state index is 12.5. The number of nitrogens with one attached hydrogen (secondary N) is 1. The van der Waals surface area contributed by atoms with Crippen molar-refractivity contribution >= 4 is 17.2 Å². The first-order chi connectivity index (χ1) is 10.4. The third-order valence-electron chi connectivity index (χ3n) is 4.01. The zero-order valence-electron chi connectivity index (χ0n) is 14.1. The molecule has 0 spiro atoms. The van der Waals surface area contributed by atoms with Gasteiger partial charge in [-0.25, -0.2) is 0 Å². The molecule has 2 nitrogen and oxygen atoms in total. The molecule has 1 heterocycles. The average Bonchev–Trinajstić information content (AvgIpc) is 2.83. The van der Waals surface area contributed by atoms with E-state index in [0.717, 1.165) is 17.7 Å². The second-order valence-corrected chi connectivity index (χ2v) is 7.25. The molecule has 0 aliphatic heterocycles. The van der Waals surface area contributed by atoms with Gasteiger partial charge in [0.2, 0.25) is 0 Å². The van der Waals surface area contributed by atoms with Gasteiger partial charge in [-0.05, 0) is 56.9 Å². The van der Waals surface area contributed by atoms with Crippen molar-refractivity contribution in [3.63, 3.8) is 0 Å². The Balaban J connectivity index is 2.14. The molecule has 0 aliphatic carbocycles. The van der Waals surface area contributed by atoms with E-state index in [-0.39, 0.29) is 11.9 Å². The van der Waals surface area contributed by atoms with Gasteiger partial charge in [0.25, 0.3) is 5.91 Å².